The van der Waals surface area contributed by atoms with Crippen molar-refractivity contribution in [1.82, 2.24) is 5.32 Å². The fraction of sp³-hybridized carbons (Fsp3) is 0.0435. The zero-order valence-electron chi connectivity index (χ0n) is 15.7. The number of nitrogens with one attached hydrogen (secondary N) is 2. The van der Waals surface area contributed by atoms with E-state index in [1.165, 1.54) is 0 Å². The number of hydrogen-bond donors (Lipinski definition) is 2. The molecule has 0 bridgehead atoms. The van der Waals surface area contributed by atoms with Gasteiger partial charge in [0.1, 0.15) is 11.4 Å². The Hall–Kier alpha value is -3.57. The van der Waals surface area contributed by atoms with Crippen molar-refractivity contribution in [2.75, 3.05) is 12.4 Å². The Balaban J connectivity index is 1.89. The van der Waals surface area contributed by atoms with Crippen molar-refractivity contribution in [1.29, 1.82) is 0 Å². The molecule has 6 heteroatoms. The number of ether oxygens (including phenoxy) is 1. The maximum absolute atomic E-state index is 12.8. The molecular formula is C23H19ClN2O3. The highest BCUT2D eigenvalue weighted by molar-refractivity contribution is 6.34. The van der Waals surface area contributed by atoms with Gasteiger partial charge in [-0.25, -0.2) is 0 Å². The maximum Gasteiger partial charge on any atom is 0.272 e. The molecule has 0 aliphatic rings. The molecule has 5 nitrogen and oxygen atoms in total. The van der Waals surface area contributed by atoms with Crippen LogP contribution in [0.5, 0.6) is 5.75 Å². The molecule has 146 valence electrons. The highest BCUT2D eigenvalue weighted by Crippen LogP contribution is 2.17. The second kappa shape index (κ2) is 9.57. The molecule has 2 amide bonds. The molecule has 29 heavy (non-hydrogen) atoms. The van der Waals surface area contributed by atoms with Gasteiger partial charge in [-0.1, -0.05) is 54.1 Å². The predicted molar refractivity (Wildman–Crippen MR) is 115 cm³/mol. The number of amides is 2. The highest BCUT2D eigenvalue weighted by Gasteiger charge is 2.16. The van der Waals surface area contributed by atoms with Crippen LogP contribution in [0.3, 0.4) is 0 Å². The fourth-order valence-electron chi connectivity index (χ4n) is 2.58. The largest absolute Gasteiger partial charge is 0.497 e. The van der Waals surface area contributed by atoms with Crippen molar-refractivity contribution in [2.24, 2.45) is 0 Å². The standard InChI is InChI=1S/C23H19ClN2O3/c1-29-18-13-11-16(12-14-18)15-21(23(28)25-17-7-3-2-4-8-17)26-22(27)19-9-5-6-10-20(19)24/h2-15H,1H3,(H,25,28)(H,26,27)/b21-15+. The fourth-order valence-corrected chi connectivity index (χ4v) is 2.80. The monoisotopic (exact) mass is 406 g/mol. The van der Waals surface area contributed by atoms with Crippen LogP contribution >= 0.6 is 11.6 Å². The van der Waals surface area contributed by atoms with Crippen LogP contribution in [-0.2, 0) is 4.79 Å². The minimum absolute atomic E-state index is 0.0870. The molecule has 2 N–H and O–H groups in total. The first-order chi connectivity index (χ1) is 14.1. The van der Waals surface area contributed by atoms with Gasteiger partial charge in [0.15, 0.2) is 0 Å². The van der Waals surface area contributed by atoms with E-state index in [1.54, 1.807) is 73.8 Å². The Morgan fingerprint density at radius 2 is 1.55 bits per heavy atom. The molecule has 0 aliphatic heterocycles. The van der Waals surface area contributed by atoms with Crippen LogP contribution in [0.2, 0.25) is 5.02 Å². The predicted octanol–water partition coefficient (Wildman–Crippen LogP) is 4.76. The number of hydrogen-bond acceptors (Lipinski definition) is 3. The normalized spacial score (nSPS) is 10.9. The molecule has 0 fully saturated rings. The van der Waals surface area contributed by atoms with Gasteiger partial charge < -0.3 is 15.4 Å². The third kappa shape index (κ3) is 5.46. The Labute approximate surface area is 174 Å². The summed E-state index contributed by atoms with van der Waals surface area (Å²) in [5.41, 5.74) is 1.71. The topological polar surface area (TPSA) is 67.4 Å². The van der Waals surface area contributed by atoms with Gasteiger partial charge in [0.25, 0.3) is 11.8 Å². The Morgan fingerprint density at radius 3 is 2.21 bits per heavy atom. The minimum atomic E-state index is -0.474. The van der Waals surface area contributed by atoms with E-state index in [2.05, 4.69) is 10.6 Å². The van der Waals surface area contributed by atoms with Gasteiger partial charge in [-0.05, 0) is 48.0 Å². The van der Waals surface area contributed by atoms with Crippen LogP contribution in [0.15, 0.2) is 84.6 Å². The van der Waals surface area contributed by atoms with E-state index >= 15 is 0 Å². The van der Waals surface area contributed by atoms with Gasteiger partial charge in [-0.2, -0.15) is 0 Å². The second-order valence-corrected chi connectivity index (χ2v) is 6.49. The van der Waals surface area contributed by atoms with Gasteiger partial charge in [0.05, 0.1) is 17.7 Å². The molecule has 0 spiro atoms. The van der Waals surface area contributed by atoms with Crippen LogP contribution in [0.25, 0.3) is 6.08 Å². The summed E-state index contributed by atoms with van der Waals surface area (Å²) in [5.74, 6) is -0.233. The Kier molecular flexibility index (Phi) is 6.66. The van der Waals surface area contributed by atoms with Gasteiger partial charge >= 0.3 is 0 Å². The molecule has 3 rings (SSSR count). The van der Waals surface area contributed by atoms with E-state index in [4.69, 9.17) is 16.3 Å². The average molecular weight is 407 g/mol. The number of benzene rings is 3. The van der Waals surface area contributed by atoms with Crippen molar-refractivity contribution >= 4 is 35.2 Å². The lowest BCUT2D eigenvalue weighted by Crippen LogP contribution is -2.30. The van der Waals surface area contributed by atoms with Gasteiger partial charge in [0.2, 0.25) is 0 Å². The molecule has 0 unspecified atom stereocenters. The van der Waals surface area contributed by atoms with Gasteiger partial charge in [0, 0.05) is 5.69 Å². The number of para-hydroxylation sites is 1. The third-order valence-electron chi connectivity index (χ3n) is 4.07. The molecule has 0 atom stereocenters. The molecule has 0 saturated carbocycles. The summed E-state index contributed by atoms with van der Waals surface area (Å²) in [6.45, 7) is 0. The minimum Gasteiger partial charge on any atom is -0.497 e. The van der Waals surface area contributed by atoms with Crippen molar-refractivity contribution in [3.05, 3.63) is 101 Å². The van der Waals surface area contributed by atoms with Crippen LogP contribution < -0.4 is 15.4 Å². The van der Waals surface area contributed by atoms with Crippen molar-refractivity contribution in [2.45, 2.75) is 0 Å². The van der Waals surface area contributed by atoms with E-state index in [-0.39, 0.29) is 11.3 Å². The summed E-state index contributed by atoms with van der Waals surface area (Å²) < 4.78 is 5.15. The summed E-state index contributed by atoms with van der Waals surface area (Å²) in [7, 11) is 1.58. The Morgan fingerprint density at radius 1 is 0.897 bits per heavy atom. The lowest BCUT2D eigenvalue weighted by molar-refractivity contribution is -0.113. The maximum atomic E-state index is 12.8. The number of carbonyl (C=O) groups is 2. The van der Waals surface area contributed by atoms with Crippen molar-refractivity contribution in [3.8, 4) is 5.75 Å². The lowest BCUT2D eigenvalue weighted by Gasteiger charge is -2.12. The molecule has 0 saturated heterocycles. The molecule has 0 aromatic heterocycles. The molecule has 3 aromatic carbocycles. The van der Waals surface area contributed by atoms with Crippen molar-refractivity contribution < 1.29 is 14.3 Å². The molecule has 3 aromatic rings. The number of carbonyl (C=O) groups excluding carboxylic acids is 2. The first kappa shape index (κ1) is 20.2. The summed E-state index contributed by atoms with van der Waals surface area (Å²) in [6, 6.07) is 22.8. The number of halogens is 1. The van der Waals surface area contributed by atoms with Gasteiger partial charge in [-0.15, -0.1) is 0 Å². The average Bonchev–Trinajstić information content (AvgIpc) is 2.74. The molecule has 0 radical (unpaired) electrons. The third-order valence-corrected chi connectivity index (χ3v) is 4.40. The SMILES string of the molecule is COc1ccc(/C=C(/NC(=O)c2ccccc2Cl)C(=O)Nc2ccccc2)cc1. The lowest BCUT2D eigenvalue weighted by atomic mass is 10.1. The molecular weight excluding hydrogens is 388 g/mol. The second-order valence-electron chi connectivity index (χ2n) is 6.09. The van der Waals surface area contributed by atoms with Crippen LogP contribution in [0, 0.1) is 0 Å². The summed E-state index contributed by atoms with van der Waals surface area (Å²) in [6.07, 6.45) is 1.59. The first-order valence-corrected chi connectivity index (χ1v) is 9.22. The number of rotatable bonds is 6. The van der Waals surface area contributed by atoms with E-state index in [9.17, 15) is 9.59 Å². The smallest absolute Gasteiger partial charge is 0.272 e. The van der Waals surface area contributed by atoms with Crippen LogP contribution in [0.4, 0.5) is 5.69 Å². The summed E-state index contributed by atoms with van der Waals surface area (Å²) >= 11 is 6.11. The van der Waals surface area contributed by atoms with Gasteiger partial charge in [-0.3, -0.25) is 9.59 Å². The summed E-state index contributed by atoms with van der Waals surface area (Å²) in [4.78, 5) is 25.5. The van der Waals surface area contributed by atoms with E-state index in [1.807, 2.05) is 18.2 Å². The summed E-state index contributed by atoms with van der Waals surface area (Å²) in [5, 5.41) is 5.75. The van der Waals surface area contributed by atoms with E-state index < -0.39 is 11.8 Å². The van der Waals surface area contributed by atoms with E-state index in [0.717, 1.165) is 5.56 Å². The zero-order chi connectivity index (χ0) is 20.6. The first-order valence-electron chi connectivity index (χ1n) is 8.85. The Bertz CT molecular complexity index is 1030. The number of methoxy groups -OCH3 is 1. The molecule has 0 aliphatic carbocycles. The number of anilines is 1. The zero-order valence-corrected chi connectivity index (χ0v) is 16.4. The molecule has 0 heterocycles. The van der Waals surface area contributed by atoms with E-state index in [0.29, 0.717) is 16.5 Å². The van der Waals surface area contributed by atoms with Crippen LogP contribution in [-0.4, -0.2) is 18.9 Å². The quantitative estimate of drug-likeness (QED) is 0.580. The van der Waals surface area contributed by atoms with Crippen LogP contribution in [0.1, 0.15) is 15.9 Å². The highest BCUT2D eigenvalue weighted by atomic mass is 35.5. The van der Waals surface area contributed by atoms with Crippen molar-refractivity contribution in [3.63, 3.8) is 0 Å².